The molecule has 0 aliphatic carbocycles. The number of hydrogen-bond donors (Lipinski definition) is 0. The van der Waals surface area contributed by atoms with Crippen LogP contribution in [0.1, 0.15) is 27.0 Å². The molecule has 90 valence electrons. The lowest BCUT2D eigenvalue weighted by Crippen LogP contribution is -2.03. The van der Waals surface area contributed by atoms with Crippen LogP contribution in [0.15, 0.2) is 48.5 Å². The normalized spacial score (nSPS) is 9.37. The van der Waals surface area contributed by atoms with Crippen LogP contribution in [-0.2, 0) is 6.42 Å². The van der Waals surface area contributed by atoms with Crippen LogP contribution in [0.5, 0.6) is 0 Å². The predicted molar refractivity (Wildman–Crippen MR) is 70.3 cm³/mol. The van der Waals surface area contributed by atoms with Gasteiger partial charge in [-0.1, -0.05) is 24.3 Å². The first-order valence-electron chi connectivity index (χ1n) is 5.75. The van der Waals surface area contributed by atoms with Gasteiger partial charge in [0.25, 0.3) is 0 Å². The molecule has 0 spiro atoms. The maximum absolute atomic E-state index is 12.1. The Morgan fingerprint density at radius 1 is 0.947 bits per heavy atom. The number of rotatable bonds is 3. The molecule has 0 radical (unpaired) electrons. The Kier molecular flexibility index (Phi) is 3.71. The number of carbonyl (C=O) groups is 1. The fourth-order valence-electron chi connectivity index (χ4n) is 1.75. The number of ketones is 1. The van der Waals surface area contributed by atoms with Gasteiger partial charge in [-0.15, -0.1) is 0 Å². The zero-order chi connectivity index (χ0) is 13.7. The van der Waals surface area contributed by atoms with Gasteiger partial charge in [0.2, 0.25) is 0 Å². The Labute approximate surface area is 111 Å². The molecule has 0 aromatic heterocycles. The molecule has 3 heteroatoms. The van der Waals surface area contributed by atoms with E-state index in [0.29, 0.717) is 16.7 Å². The van der Waals surface area contributed by atoms with Crippen molar-refractivity contribution in [2.24, 2.45) is 0 Å². The smallest absolute Gasteiger partial charge is 0.167 e. The van der Waals surface area contributed by atoms with E-state index in [4.69, 9.17) is 10.5 Å². The van der Waals surface area contributed by atoms with E-state index in [1.807, 2.05) is 12.1 Å². The van der Waals surface area contributed by atoms with Crippen LogP contribution >= 0.6 is 0 Å². The van der Waals surface area contributed by atoms with Crippen molar-refractivity contribution in [2.75, 3.05) is 0 Å². The lowest BCUT2D eigenvalue weighted by molar-refractivity contribution is 0.0993. The van der Waals surface area contributed by atoms with E-state index in [2.05, 4.69) is 0 Å². The van der Waals surface area contributed by atoms with Gasteiger partial charge in [0.05, 0.1) is 23.3 Å². The molecule has 0 saturated carbocycles. The minimum absolute atomic E-state index is 0.0400. The van der Waals surface area contributed by atoms with Crippen LogP contribution < -0.4 is 0 Å². The van der Waals surface area contributed by atoms with Crippen LogP contribution in [0.25, 0.3) is 0 Å². The third-order valence-electron chi connectivity index (χ3n) is 2.76. The maximum atomic E-state index is 12.1. The number of nitrogens with zero attached hydrogens (tertiary/aromatic N) is 2. The lowest BCUT2D eigenvalue weighted by atomic mass is 10.0. The van der Waals surface area contributed by atoms with Crippen LogP contribution in [0, 0.1) is 22.7 Å². The first-order chi connectivity index (χ1) is 9.22. The second-order valence-corrected chi connectivity index (χ2v) is 4.10. The summed E-state index contributed by atoms with van der Waals surface area (Å²) in [5.41, 5.74) is 2.43. The summed E-state index contributed by atoms with van der Waals surface area (Å²) in [6.45, 7) is 0. The molecule has 0 aliphatic heterocycles. The van der Waals surface area contributed by atoms with E-state index in [9.17, 15) is 4.79 Å². The molecule has 2 rings (SSSR count). The Hall–Kier alpha value is -2.91. The summed E-state index contributed by atoms with van der Waals surface area (Å²) in [5.74, 6) is -0.0400. The first-order valence-corrected chi connectivity index (χ1v) is 5.75. The van der Waals surface area contributed by atoms with Crippen molar-refractivity contribution in [3.8, 4) is 12.1 Å². The maximum Gasteiger partial charge on any atom is 0.167 e. The minimum Gasteiger partial charge on any atom is -0.294 e. The van der Waals surface area contributed by atoms with E-state index < -0.39 is 0 Å². The number of carbonyl (C=O) groups excluding carboxylic acids is 1. The summed E-state index contributed by atoms with van der Waals surface area (Å²) in [4.78, 5) is 12.1. The fourth-order valence-corrected chi connectivity index (χ4v) is 1.75. The van der Waals surface area contributed by atoms with Crippen molar-refractivity contribution < 1.29 is 4.79 Å². The first kappa shape index (κ1) is 12.5. The quantitative estimate of drug-likeness (QED) is 0.782. The third-order valence-corrected chi connectivity index (χ3v) is 2.76. The molecule has 0 bridgehead atoms. The average molecular weight is 246 g/mol. The molecule has 0 heterocycles. The summed E-state index contributed by atoms with van der Waals surface area (Å²) in [7, 11) is 0. The third kappa shape index (κ3) is 3.06. The molecule has 19 heavy (non-hydrogen) atoms. The van der Waals surface area contributed by atoms with Gasteiger partial charge in [0.1, 0.15) is 0 Å². The second-order valence-electron chi connectivity index (χ2n) is 4.10. The number of Topliss-reactive ketones (excluding diaryl/α,β-unsaturated/α-hetero) is 1. The summed E-state index contributed by atoms with van der Waals surface area (Å²) in [6, 6.07) is 17.6. The number of hydrogen-bond acceptors (Lipinski definition) is 3. The monoisotopic (exact) mass is 246 g/mol. The molecular weight excluding hydrogens is 236 g/mol. The molecule has 0 saturated heterocycles. The highest BCUT2D eigenvalue weighted by Gasteiger charge is 2.07. The summed E-state index contributed by atoms with van der Waals surface area (Å²) < 4.78 is 0. The summed E-state index contributed by atoms with van der Waals surface area (Å²) in [6.07, 6.45) is 0.264. The Morgan fingerprint density at radius 3 is 2.26 bits per heavy atom. The molecule has 0 aliphatic rings. The van der Waals surface area contributed by atoms with Crippen LogP contribution in [-0.4, -0.2) is 5.78 Å². The highest BCUT2D eigenvalue weighted by Crippen LogP contribution is 2.10. The standard InChI is InChI=1S/C16H10N2O/c17-10-13-6-4-12(5-7-13)9-16(19)15-3-1-2-14(8-15)11-18/h1-8H,9H2. The Bertz CT molecular complexity index is 688. The average Bonchev–Trinajstić information content (AvgIpc) is 2.48. The van der Waals surface area contributed by atoms with Gasteiger partial charge in [0, 0.05) is 12.0 Å². The van der Waals surface area contributed by atoms with Gasteiger partial charge in [-0.05, 0) is 29.8 Å². The van der Waals surface area contributed by atoms with Gasteiger partial charge in [-0.25, -0.2) is 0 Å². The Morgan fingerprint density at radius 2 is 1.63 bits per heavy atom. The highest BCUT2D eigenvalue weighted by molar-refractivity contribution is 5.97. The van der Waals surface area contributed by atoms with Crippen molar-refractivity contribution >= 4 is 5.78 Å². The highest BCUT2D eigenvalue weighted by atomic mass is 16.1. The second kappa shape index (κ2) is 5.62. The topological polar surface area (TPSA) is 64.7 Å². The molecule has 0 atom stereocenters. The summed E-state index contributed by atoms with van der Waals surface area (Å²) >= 11 is 0. The molecule has 3 nitrogen and oxygen atoms in total. The predicted octanol–water partition coefficient (Wildman–Crippen LogP) is 2.86. The van der Waals surface area contributed by atoms with E-state index in [1.165, 1.54) is 0 Å². The van der Waals surface area contributed by atoms with E-state index in [-0.39, 0.29) is 12.2 Å². The number of nitriles is 2. The van der Waals surface area contributed by atoms with Gasteiger partial charge in [-0.2, -0.15) is 10.5 Å². The minimum atomic E-state index is -0.0400. The van der Waals surface area contributed by atoms with E-state index in [1.54, 1.807) is 48.5 Å². The Balaban J connectivity index is 2.16. The van der Waals surface area contributed by atoms with Crippen molar-refractivity contribution in [1.29, 1.82) is 10.5 Å². The van der Waals surface area contributed by atoms with Gasteiger partial charge in [0.15, 0.2) is 5.78 Å². The SMILES string of the molecule is N#Cc1ccc(CC(=O)c2cccc(C#N)c2)cc1. The number of benzene rings is 2. The van der Waals surface area contributed by atoms with Crippen molar-refractivity contribution in [2.45, 2.75) is 6.42 Å². The van der Waals surface area contributed by atoms with Crippen molar-refractivity contribution in [1.82, 2.24) is 0 Å². The lowest BCUT2D eigenvalue weighted by Gasteiger charge is -2.02. The molecule has 0 N–H and O–H groups in total. The van der Waals surface area contributed by atoms with E-state index in [0.717, 1.165) is 5.56 Å². The summed E-state index contributed by atoms with van der Waals surface area (Å²) in [5, 5.41) is 17.5. The van der Waals surface area contributed by atoms with Crippen LogP contribution in [0.2, 0.25) is 0 Å². The van der Waals surface area contributed by atoms with Crippen LogP contribution in [0.3, 0.4) is 0 Å². The van der Waals surface area contributed by atoms with Gasteiger partial charge in [-0.3, -0.25) is 4.79 Å². The van der Waals surface area contributed by atoms with Crippen molar-refractivity contribution in [3.63, 3.8) is 0 Å². The molecule has 0 amide bonds. The molecule has 0 fully saturated rings. The molecular formula is C16H10N2O. The van der Waals surface area contributed by atoms with Gasteiger partial charge < -0.3 is 0 Å². The zero-order valence-corrected chi connectivity index (χ0v) is 10.1. The van der Waals surface area contributed by atoms with Crippen molar-refractivity contribution in [3.05, 3.63) is 70.8 Å². The van der Waals surface area contributed by atoms with Gasteiger partial charge >= 0.3 is 0 Å². The van der Waals surface area contributed by atoms with E-state index >= 15 is 0 Å². The van der Waals surface area contributed by atoms with Crippen LogP contribution in [0.4, 0.5) is 0 Å². The fraction of sp³-hybridized carbons (Fsp3) is 0.0625. The largest absolute Gasteiger partial charge is 0.294 e. The zero-order valence-electron chi connectivity index (χ0n) is 10.1. The molecule has 2 aromatic rings. The molecule has 0 unspecified atom stereocenters. The molecule has 2 aromatic carbocycles.